The zero-order valence-electron chi connectivity index (χ0n) is 21.3. The summed E-state index contributed by atoms with van der Waals surface area (Å²) >= 11 is 0. The number of amides is 1. The Bertz CT molecular complexity index is 1810. The number of halogens is 1. The molecule has 0 atom stereocenters. The highest BCUT2D eigenvalue weighted by Crippen LogP contribution is 2.26. The van der Waals surface area contributed by atoms with Gasteiger partial charge in [0.2, 0.25) is 0 Å². The standard InChI is InChI=1S/C27H25FN6O4S/c1-16-4-7-20(13-23(16)32-19-10-11-22-21(12-19)27(36)34(2)15-30-22)33-26(35)24(14-25(29)39(3,37)38)31-18-8-5-17(28)6-9-18/h4-15,32H,29H2,1-3H3,(H,33,35). The van der Waals surface area contributed by atoms with Gasteiger partial charge >= 0.3 is 0 Å². The molecule has 1 aromatic heterocycles. The predicted molar refractivity (Wildman–Crippen MR) is 151 cm³/mol. The van der Waals surface area contributed by atoms with Crippen LogP contribution in [-0.4, -0.2) is 35.8 Å². The number of nitrogens with two attached hydrogens (primary N) is 1. The summed E-state index contributed by atoms with van der Waals surface area (Å²) in [6.45, 7) is 1.87. The molecule has 200 valence electrons. The highest BCUT2D eigenvalue weighted by atomic mass is 32.2. The second-order valence-corrected chi connectivity index (χ2v) is 10.8. The molecule has 0 spiro atoms. The predicted octanol–water partition coefficient (Wildman–Crippen LogP) is 3.68. The first kappa shape index (κ1) is 27.2. The van der Waals surface area contributed by atoms with E-state index in [9.17, 15) is 22.4 Å². The third-order valence-corrected chi connectivity index (χ3v) is 6.68. The molecular formula is C27H25FN6O4S. The molecule has 0 saturated heterocycles. The van der Waals surface area contributed by atoms with E-state index in [0.717, 1.165) is 30.0 Å². The number of fused-ring (bicyclic) bond motifs is 1. The van der Waals surface area contributed by atoms with Crippen molar-refractivity contribution in [2.75, 3.05) is 16.9 Å². The maximum absolute atomic E-state index is 13.3. The lowest BCUT2D eigenvalue weighted by Crippen LogP contribution is -2.23. The molecule has 4 N–H and O–H groups in total. The number of carbonyl (C=O) groups is 1. The van der Waals surface area contributed by atoms with E-state index in [2.05, 4.69) is 20.6 Å². The summed E-state index contributed by atoms with van der Waals surface area (Å²) in [5.74, 6) is -1.23. The first-order valence-corrected chi connectivity index (χ1v) is 13.5. The number of aryl methyl sites for hydroxylation is 2. The fourth-order valence-electron chi connectivity index (χ4n) is 3.52. The Balaban J connectivity index is 1.64. The second kappa shape index (κ2) is 10.9. The number of carbonyl (C=O) groups excluding carboxylic acids is 1. The van der Waals surface area contributed by atoms with Gasteiger partial charge in [-0.3, -0.25) is 9.59 Å². The van der Waals surface area contributed by atoms with E-state index in [0.29, 0.717) is 28.0 Å². The normalized spacial score (nSPS) is 12.4. The fraction of sp³-hybridized carbons (Fsp3) is 0.111. The molecule has 10 nitrogen and oxygen atoms in total. The van der Waals surface area contributed by atoms with Crippen LogP contribution >= 0.6 is 0 Å². The average molecular weight is 549 g/mol. The molecule has 0 saturated carbocycles. The Labute approximate surface area is 223 Å². The third-order valence-electron chi connectivity index (χ3n) is 5.71. The Morgan fingerprint density at radius 3 is 2.46 bits per heavy atom. The molecule has 3 aromatic carbocycles. The van der Waals surface area contributed by atoms with Crippen LogP contribution in [0.3, 0.4) is 0 Å². The minimum atomic E-state index is -3.79. The summed E-state index contributed by atoms with van der Waals surface area (Å²) in [5.41, 5.74) is 8.50. The van der Waals surface area contributed by atoms with Gasteiger partial charge in [0.1, 0.15) is 16.6 Å². The number of benzene rings is 3. The minimum Gasteiger partial charge on any atom is -0.389 e. The SMILES string of the molecule is Cc1ccc(NC(=O)C(C=C(N)S(C)(=O)=O)=Nc2ccc(F)cc2)cc1Nc1ccc2ncn(C)c(=O)c2c1. The van der Waals surface area contributed by atoms with Crippen molar-refractivity contribution in [3.63, 3.8) is 0 Å². The maximum Gasteiger partial charge on any atom is 0.274 e. The number of hydrogen-bond acceptors (Lipinski definition) is 8. The molecule has 1 amide bonds. The lowest BCUT2D eigenvalue weighted by Gasteiger charge is -2.13. The number of anilines is 3. The lowest BCUT2D eigenvalue weighted by atomic mass is 10.1. The van der Waals surface area contributed by atoms with Gasteiger partial charge in [-0.15, -0.1) is 0 Å². The van der Waals surface area contributed by atoms with Crippen molar-refractivity contribution in [3.05, 3.63) is 99.8 Å². The van der Waals surface area contributed by atoms with Crippen LogP contribution in [0.25, 0.3) is 10.9 Å². The monoisotopic (exact) mass is 548 g/mol. The van der Waals surface area contributed by atoms with Crippen molar-refractivity contribution < 1.29 is 17.6 Å². The number of aliphatic imine (C=N–C) groups is 1. The van der Waals surface area contributed by atoms with Crippen molar-refractivity contribution in [2.24, 2.45) is 17.8 Å². The zero-order chi connectivity index (χ0) is 28.3. The first-order chi connectivity index (χ1) is 18.4. The van der Waals surface area contributed by atoms with Crippen LogP contribution in [0.1, 0.15) is 5.56 Å². The number of nitrogens with zero attached hydrogens (tertiary/aromatic N) is 3. The van der Waals surface area contributed by atoms with Crippen LogP contribution in [0.5, 0.6) is 0 Å². The largest absolute Gasteiger partial charge is 0.389 e. The van der Waals surface area contributed by atoms with Gasteiger partial charge in [-0.2, -0.15) is 0 Å². The molecule has 0 aliphatic heterocycles. The van der Waals surface area contributed by atoms with Crippen LogP contribution < -0.4 is 21.9 Å². The number of rotatable bonds is 7. The number of hydrogen-bond donors (Lipinski definition) is 3. The molecule has 0 aliphatic rings. The van der Waals surface area contributed by atoms with Gasteiger partial charge in [-0.25, -0.2) is 22.8 Å². The fourth-order valence-corrected chi connectivity index (χ4v) is 3.84. The highest BCUT2D eigenvalue weighted by molar-refractivity contribution is 7.94. The van der Waals surface area contributed by atoms with Crippen LogP contribution in [0.15, 0.2) is 87.9 Å². The molecule has 0 fully saturated rings. The zero-order valence-corrected chi connectivity index (χ0v) is 22.1. The quantitative estimate of drug-likeness (QED) is 0.298. The van der Waals surface area contributed by atoms with E-state index in [1.54, 1.807) is 43.4 Å². The van der Waals surface area contributed by atoms with Gasteiger partial charge in [0.05, 0.1) is 22.9 Å². The van der Waals surface area contributed by atoms with Crippen LogP contribution in [-0.2, 0) is 21.7 Å². The minimum absolute atomic E-state index is 0.184. The summed E-state index contributed by atoms with van der Waals surface area (Å²) in [6.07, 6.45) is 3.31. The summed E-state index contributed by atoms with van der Waals surface area (Å²) < 4.78 is 38.4. The Morgan fingerprint density at radius 1 is 1.08 bits per heavy atom. The molecule has 0 bridgehead atoms. The van der Waals surface area contributed by atoms with Crippen molar-refractivity contribution >= 4 is 55.1 Å². The Morgan fingerprint density at radius 2 is 1.77 bits per heavy atom. The van der Waals surface area contributed by atoms with E-state index >= 15 is 0 Å². The summed E-state index contributed by atoms with van der Waals surface area (Å²) in [6, 6.07) is 15.3. The van der Waals surface area contributed by atoms with Crippen LogP contribution in [0.4, 0.5) is 27.1 Å². The molecule has 39 heavy (non-hydrogen) atoms. The molecule has 0 unspecified atom stereocenters. The summed E-state index contributed by atoms with van der Waals surface area (Å²) in [4.78, 5) is 34.0. The van der Waals surface area contributed by atoms with Gasteiger partial charge in [0.15, 0.2) is 9.84 Å². The highest BCUT2D eigenvalue weighted by Gasteiger charge is 2.16. The number of aromatic nitrogens is 2. The molecule has 4 aromatic rings. The molecule has 1 heterocycles. The van der Waals surface area contributed by atoms with E-state index in [1.165, 1.54) is 23.0 Å². The Kier molecular flexibility index (Phi) is 7.58. The first-order valence-electron chi connectivity index (χ1n) is 11.6. The molecule has 0 aliphatic carbocycles. The van der Waals surface area contributed by atoms with E-state index in [4.69, 9.17) is 5.73 Å². The smallest absolute Gasteiger partial charge is 0.274 e. The number of sulfone groups is 1. The van der Waals surface area contributed by atoms with Gasteiger partial charge in [0, 0.05) is 36.4 Å². The van der Waals surface area contributed by atoms with Gasteiger partial charge in [-0.1, -0.05) is 6.07 Å². The third kappa shape index (κ3) is 6.54. The van der Waals surface area contributed by atoms with Crippen molar-refractivity contribution in [1.29, 1.82) is 0 Å². The van der Waals surface area contributed by atoms with Crippen LogP contribution in [0, 0.1) is 12.7 Å². The average Bonchev–Trinajstić information content (AvgIpc) is 2.88. The molecular weight excluding hydrogens is 523 g/mol. The lowest BCUT2D eigenvalue weighted by molar-refractivity contribution is -0.110. The summed E-state index contributed by atoms with van der Waals surface area (Å²) in [5, 5.41) is 5.83. The van der Waals surface area contributed by atoms with Crippen molar-refractivity contribution in [1.82, 2.24) is 9.55 Å². The second-order valence-electron chi connectivity index (χ2n) is 8.79. The topological polar surface area (TPSA) is 149 Å². The van der Waals surface area contributed by atoms with Gasteiger partial charge in [0.25, 0.3) is 11.5 Å². The van der Waals surface area contributed by atoms with Crippen LogP contribution in [0.2, 0.25) is 0 Å². The van der Waals surface area contributed by atoms with E-state index in [-0.39, 0.29) is 17.0 Å². The maximum atomic E-state index is 13.3. The molecule has 4 rings (SSSR count). The number of nitrogens with one attached hydrogen (secondary N) is 2. The molecule has 0 radical (unpaired) electrons. The van der Waals surface area contributed by atoms with Gasteiger partial charge in [-0.05, 0) is 67.1 Å². The van der Waals surface area contributed by atoms with E-state index in [1.807, 2.05) is 6.92 Å². The molecule has 12 heteroatoms. The van der Waals surface area contributed by atoms with E-state index < -0.39 is 26.6 Å². The van der Waals surface area contributed by atoms with Gasteiger partial charge < -0.3 is 20.9 Å². The Hall–Kier alpha value is -4.84. The van der Waals surface area contributed by atoms with Crippen molar-refractivity contribution in [2.45, 2.75) is 6.92 Å². The summed E-state index contributed by atoms with van der Waals surface area (Å²) in [7, 11) is -2.17. The van der Waals surface area contributed by atoms with Crippen molar-refractivity contribution in [3.8, 4) is 0 Å².